The number of aromatic nitrogens is 10. The van der Waals surface area contributed by atoms with Gasteiger partial charge in [-0.1, -0.05) is 112 Å². The molecule has 0 bridgehead atoms. The Morgan fingerprint density at radius 2 is 0.804 bits per heavy atom. The monoisotopic (exact) mass is 1330 g/mol. The van der Waals surface area contributed by atoms with E-state index in [9.17, 15) is 10.5 Å². The van der Waals surface area contributed by atoms with E-state index in [1.165, 1.54) is 23.1 Å². The van der Waals surface area contributed by atoms with Crippen LogP contribution in [0.5, 0.6) is 0 Å². The van der Waals surface area contributed by atoms with E-state index in [2.05, 4.69) is 183 Å². The Morgan fingerprint density at radius 3 is 1.09 bits per heavy atom. The summed E-state index contributed by atoms with van der Waals surface area (Å²) in [6.07, 6.45) is -0.747. The minimum atomic E-state index is -0.747. The number of nitrogens with one attached hydrogen (secondary N) is 2. The molecule has 23 heteroatoms. The number of nitrogens with zero attached hydrogens (tertiary/aromatic N) is 18. The van der Waals surface area contributed by atoms with Gasteiger partial charge in [0.05, 0.1) is 29.4 Å². The Balaban J connectivity index is 1.28. The number of benzene rings is 4. The van der Waals surface area contributed by atoms with E-state index >= 15 is 0 Å². The predicted molar refractivity (Wildman–Crippen MR) is 390 cm³/mol. The second-order valence-corrected chi connectivity index (χ2v) is 28.9. The standard InChI is InChI=1S/C74H86N20OS2/c1-24-95-37-58(91(63-48(12)29-40(4)30-49(63)13)56-33-46(10)61(67(79-56)81-59-42(6)25-38(2)26-43(59)7)83-85-69-54(35-75)65(73(18,19)20)87-93(69)71-77-52(16)89-96-71)92(64-50(14)31-41(5)32-51(64)15)57-34-47(11)62(68(80-57)82-60-44(8)27-39(3)28-45(60)9)84-86-70-55(36-76)66(74(21,22)23)88-94(70)72-78-53(17)90-97-72/h25-34,58H,24,37H2,1-23H3,(H,79,81)(H,80,82). The van der Waals surface area contributed by atoms with E-state index < -0.39 is 17.0 Å². The first-order valence-electron chi connectivity index (χ1n) is 32.4. The van der Waals surface area contributed by atoms with Crippen LogP contribution in [0.15, 0.2) is 81.1 Å². The number of aryl methyl sites for hydroxylation is 16. The Morgan fingerprint density at radius 1 is 0.474 bits per heavy atom. The molecule has 0 amide bonds. The summed E-state index contributed by atoms with van der Waals surface area (Å²) in [5.41, 5.74) is 18.9. The zero-order valence-electron chi connectivity index (χ0n) is 60.0. The SMILES string of the molecule is CCOCC(N(c1cc(C)c(N=Nc2c(C#N)c(C(C)(C)C)nn2-c2nc(C)ns2)c(Nc2c(C)cc(C)cc2C)n1)c1c(C)cc(C)cc1C)N(c1cc(C)c(N=Nc2c(C#N)c(C(C)(C)C)nn2-c2nc(C)ns2)c(Nc2c(C)cc(C)cc2C)n1)c1c(C)cc(C)cc1C. The van der Waals surface area contributed by atoms with Gasteiger partial charge in [-0.15, -0.1) is 20.5 Å². The molecule has 97 heavy (non-hydrogen) atoms. The number of rotatable bonds is 19. The first-order valence-corrected chi connectivity index (χ1v) is 33.9. The van der Waals surface area contributed by atoms with Crippen LogP contribution in [0.2, 0.25) is 0 Å². The molecule has 0 aliphatic rings. The summed E-state index contributed by atoms with van der Waals surface area (Å²) in [5.74, 6) is 3.52. The zero-order valence-corrected chi connectivity index (χ0v) is 61.7. The minimum absolute atomic E-state index is 0.141. The quantitative estimate of drug-likeness (QED) is 0.0564. The summed E-state index contributed by atoms with van der Waals surface area (Å²) in [7, 11) is 0. The third kappa shape index (κ3) is 14.3. The average Bonchev–Trinajstić information content (AvgIpc) is 1.57. The number of hydrogen-bond acceptors (Lipinski definition) is 21. The molecule has 0 fully saturated rings. The van der Waals surface area contributed by atoms with E-state index in [1.54, 1.807) is 9.36 Å². The molecule has 21 nitrogen and oxygen atoms in total. The molecule has 6 aromatic heterocycles. The van der Waals surface area contributed by atoms with Crippen molar-refractivity contribution >= 4 is 92.1 Å². The van der Waals surface area contributed by atoms with Crippen LogP contribution in [-0.2, 0) is 15.6 Å². The van der Waals surface area contributed by atoms with Crippen LogP contribution in [0.3, 0.4) is 0 Å². The van der Waals surface area contributed by atoms with Crippen molar-refractivity contribution in [1.82, 2.24) is 48.2 Å². The molecule has 0 aliphatic heterocycles. The van der Waals surface area contributed by atoms with Gasteiger partial charge >= 0.3 is 0 Å². The van der Waals surface area contributed by atoms with E-state index in [1.807, 2.05) is 88.3 Å². The Kier molecular flexibility index (Phi) is 19.9. The third-order valence-corrected chi connectivity index (χ3v) is 18.3. The maximum atomic E-state index is 10.9. The van der Waals surface area contributed by atoms with Gasteiger partial charge in [0.25, 0.3) is 0 Å². The van der Waals surface area contributed by atoms with Crippen molar-refractivity contribution < 1.29 is 4.74 Å². The van der Waals surface area contributed by atoms with Crippen LogP contribution in [-0.4, -0.2) is 67.6 Å². The fraction of sp³-hybridized carbons (Fsp3) is 0.378. The van der Waals surface area contributed by atoms with Gasteiger partial charge in [0.2, 0.25) is 10.3 Å². The van der Waals surface area contributed by atoms with Crippen molar-refractivity contribution in [2.45, 2.75) is 176 Å². The lowest BCUT2D eigenvalue weighted by atomic mass is 9.89. The molecule has 0 radical (unpaired) electrons. The summed E-state index contributed by atoms with van der Waals surface area (Å²) in [5, 5.41) is 60.5. The maximum absolute atomic E-state index is 10.9. The van der Waals surface area contributed by atoms with Crippen LogP contribution < -0.4 is 20.4 Å². The highest BCUT2D eigenvalue weighted by atomic mass is 32.1. The van der Waals surface area contributed by atoms with Crippen LogP contribution in [0.25, 0.3) is 10.3 Å². The Bertz CT molecular complexity index is 4470. The van der Waals surface area contributed by atoms with Crippen LogP contribution in [0.4, 0.5) is 69.0 Å². The average molecular weight is 1340 g/mol. The molecule has 2 N–H and O–H groups in total. The topological polar surface area (TPSA) is 250 Å². The highest BCUT2D eigenvalue weighted by molar-refractivity contribution is 7.08. The van der Waals surface area contributed by atoms with Crippen molar-refractivity contribution in [3.8, 4) is 22.4 Å². The van der Waals surface area contributed by atoms with Crippen LogP contribution in [0, 0.1) is 133 Å². The molecule has 0 saturated carbocycles. The Hall–Kier alpha value is -9.94. The summed E-state index contributed by atoms with van der Waals surface area (Å²) in [6, 6.07) is 26.3. The lowest BCUT2D eigenvalue weighted by molar-refractivity contribution is 0.134. The number of nitriles is 2. The molecule has 6 heterocycles. The molecule has 0 saturated heterocycles. The van der Waals surface area contributed by atoms with Crippen molar-refractivity contribution in [2.24, 2.45) is 20.5 Å². The summed E-state index contributed by atoms with van der Waals surface area (Å²) >= 11 is 2.34. The normalized spacial score (nSPS) is 12.3. The first kappa shape index (κ1) is 69.9. The molecular weight excluding hydrogens is 1250 g/mol. The van der Waals surface area contributed by atoms with Gasteiger partial charge in [-0.25, -0.2) is 19.9 Å². The summed E-state index contributed by atoms with van der Waals surface area (Å²) in [6.45, 7) is 47.5. The van der Waals surface area contributed by atoms with Crippen molar-refractivity contribution in [2.75, 3.05) is 33.6 Å². The van der Waals surface area contributed by atoms with E-state index in [0.717, 1.165) is 101 Å². The highest BCUT2D eigenvalue weighted by Crippen LogP contribution is 2.47. The largest absolute Gasteiger partial charge is 0.378 e. The number of azo groups is 2. The summed E-state index contributed by atoms with van der Waals surface area (Å²) < 4.78 is 18.9. The highest BCUT2D eigenvalue weighted by Gasteiger charge is 2.37. The zero-order chi connectivity index (χ0) is 70.4. The van der Waals surface area contributed by atoms with E-state index in [4.69, 9.17) is 45.4 Å². The summed E-state index contributed by atoms with van der Waals surface area (Å²) in [4.78, 5) is 25.5. The number of ether oxygens (including phenoxy) is 1. The fourth-order valence-corrected chi connectivity index (χ4v) is 14.1. The molecule has 500 valence electrons. The van der Waals surface area contributed by atoms with Gasteiger partial charge in [0, 0.05) is 51.9 Å². The van der Waals surface area contributed by atoms with Gasteiger partial charge < -0.3 is 25.2 Å². The fourth-order valence-electron chi connectivity index (χ4n) is 12.9. The number of anilines is 8. The second kappa shape index (κ2) is 27.7. The molecular formula is C74H86N20OS2. The lowest BCUT2D eigenvalue weighted by Gasteiger charge is -2.43. The van der Waals surface area contributed by atoms with Crippen molar-refractivity contribution in [3.63, 3.8) is 0 Å². The van der Waals surface area contributed by atoms with Crippen molar-refractivity contribution in [1.29, 1.82) is 10.5 Å². The van der Waals surface area contributed by atoms with Gasteiger partial charge in [0.15, 0.2) is 23.3 Å². The van der Waals surface area contributed by atoms with Gasteiger partial charge in [0.1, 0.15) is 64.1 Å². The van der Waals surface area contributed by atoms with E-state index in [-0.39, 0.29) is 29.4 Å². The first-order chi connectivity index (χ1) is 45.8. The minimum Gasteiger partial charge on any atom is -0.378 e. The van der Waals surface area contributed by atoms with Crippen LogP contribution in [0.1, 0.15) is 161 Å². The number of hydrogen-bond donors (Lipinski definition) is 2. The molecule has 0 unspecified atom stereocenters. The second-order valence-electron chi connectivity index (χ2n) is 27.5. The molecule has 4 aromatic carbocycles. The van der Waals surface area contributed by atoms with E-state index in [0.29, 0.717) is 74.6 Å². The third-order valence-electron chi connectivity index (χ3n) is 16.7. The van der Waals surface area contributed by atoms with Crippen LogP contribution >= 0.6 is 23.1 Å². The van der Waals surface area contributed by atoms with Gasteiger partial charge in [-0.3, -0.25) is 0 Å². The lowest BCUT2D eigenvalue weighted by Crippen LogP contribution is -2.49. The molecule has 0 spiro atoms. The molecule has 10 aromatic rings. The molecule has 0 aliphatic carbocycles. The number of pyridine rings is 2. The van der Waals surface area contributed by atoms with Crippen molar-refractivity contribution in [3.05, 3.63) is 173 Å². The van der Waals surface area contributed by atoms with Gasteiger partial charge in [-0.2, -0.15) is 38.8 Å². The molecule has 10 rings (SSSR count). The Labute approximate surface area is 577 Å². The van der Waals surface area contributed by atoms with Gasteiger partial charge in [-0.05, 0) is 185 Å². The molecule has 0 atom stereocenters. The maximum Gasteiger partial charge on any atom is 0.232 e. The smallest absolute Gasteiger partial charge is 0.232 e. The predicted octanol–water partition coefficient (Wildman–Crippen LogP) is 19.5.